The Morgan fingerprint density at radius 2 is 2.23 bits per heavy atom. The molecular formula is C7H9F3N2S. The van der Waals surface area contributed by atoms with Crippen LogP contribution in [0.2, 0.25) is 0 Å². The zero-order valence-corrected chi connectivity index (χ0v) is 7.80. The summed E-state index contributed by atoms with van der Waals surface area (Å²) in [5.74, 6) is 0. The third-order valence-electron chi connectivity index (χ3n) is 1.27. The van der Waals surface area contributed by atoms with E-state index in [0.717, 1.165) is 5.69 Å². The number of rotatable bonds is 3. The van der Waals surface area contributed by atoms with Crippen molar-refractivity contribution in [1.82, 2.24) is 10.3 Å². The maximum absolute atomic E-state index is 11.7. The molecule has 0 aliphatic rings. The lowest BCUT2D eigenvalue weighted by atomic mass is 10.5. The smallest absolute Gasteiger partial charge is 0.302 e. The van der Waals surface area contributed by atoms with E-state index in [1.54, 1.807) is 0 Å². The van der Waals surface area contributed by atoms with E-state index in [9.17, 15) is 13.2 Å². The molecule has 2 nitrogen and oxygen atoms in total. The van der Waals surface area contributed by atoms with Gasteiger partial charge in [-0.2, -0.15) is 13.2 Å². The minimum atomic E-state index is -4.15. The number of nitrogens with zero attached hydrogens (tertiary/aromatic N) is 1. The van der Waals surface area contributed by atoms with Gasteiger partial charge in [-0.1, -0.05) is 0 Å². The lowest BCUT2D eigenvalue weighted by Gasteiger charge is -2.05. The molecule has 1 N–H and O–H groups in total. The van der Waals surface area contributed by atoms with Gasteiger partial charge in [-0.05, 0) is 6.92 Å². The van der Waals surface area contributed by atoms with Gasteiger partial charge in [-0.3, -0.25) is 0 Å². The van der Waals surface area contributed by atoms with Crippen LogP contribution in [0.1, 0.15) is 10.7 Å². The number of halogens is 3. The first-order valence-corrected chi connectivity index (χ1v) is 4.54. The van der Waals surface area contributed by atoms with Gasteiger partial charge in [0.25, 0.3) is 0 Å². The van der Waals surface area contributed by atoms with E-state index in [1.165, 1.54) is 11.3 Å². The van der Waals surface area contributed by atoms with Crippen molar-refractivity contribution in [2.75, 3.05) is 6.54 Å². The van der Waals surface area contributed by atoms with Crippen LogP contribution in [0.3, 0.4) is 0 Å². The number of hydrogen-bond acceptors (Lipinski definition) is 3. The summed E-state index contributed by atoms with van der Waals surface area (Å²) in [6.07, 6.45) is -4.15. The molecule has 13 heavy (non-hydrogen) atoms. The number of alkyl halides is 3. The molecule has 0 spiro atoms. The number of hydrogen-bond donors (Lipinski definition) is 1. The minimum Gasteiger partial charge on any atom is -0.302 e. The van der Waals surface area contributed by atoms with Crippen molar-refractivity contribution in [2.45, 2.75) is 19.6 Å². The van der Waals surface area contributed by atoms with E-state index in [1.807, 2.05) is 12.3 Å². The molecule has 0 aliphatic carbocycles. The maximum atomic E-state index is 11.7. The van der Waals surface area contributed by atoms with Crippen LogP contribution in [0.25, 0.3) is 0 Å². The Balaban J connectivity index is 2.28. The summed E-state index contributed by atoms with van der Waals surface area (Å²) in [5.41, 5.74) is 0.841. The predicted molar refractivity (Wildman–Crippen MR) is 44.6 cm³/mol. The largest absolute Gasteiger partial charge is 0.401 e. The second-order valence-electron chi connectivity index (χ2n) is 2.60. The topological polar surface area (TPSA) is 24.9 Å². The summed E-state index contributed by atoms with van der Waals surface area (Å²) >= 11 is 1.36. The maximum Gasteiger partial charge on any atom is 0.401 e. The highest BCUT2D eigenvalue weighted by atomic mass is 32.1. The summed E-state index contributed by atoms with van der Waals surface area (Å²) in [6, 6.07) is 0. The van der Waals surface area contributed by atoms with E-state index in [-0.39, 0.29) is 6.54 Å². The molecule has 0 aliphatic heterocycles. The third-order valence-corrected chi connectivity index (χ3v) is 2.23. The van der Waals surface area contributed by atoms with E-state index >= 15 is 0 Å². The molecule has 0 radical (unpaired) electrons. The van der Waals surface area contributed by atoms with E-state index in [0.29, 0.717) is 5.01 Å². The van der Waals surface area contributed by atoms with Crippen LogP contribution in [-0.2, 0) is 6.54 Å². The molecule has 74 valence electrons. The predicted octanol–water partition coefficient (Wildman–Crippen LogP) is 2.10. The van der Waals surface area contributed by atoms with Crippen LogP contribution >= 0.6 is 11.3 Å². The minimum absolute atomic E-state index is 0.179. The van der Waals surface area contributed by atoms with Crippen LogP contribution in [0, 0.1) is 6.92 Å². The monoisotopic (exact) mass is 210 g/mol. The molecule has 0 unspecified atom stereocenters. The van der Waals surface area contributed by atoms with Gasteiger partial charge in [0, 0.05) is 17.6 Å². The average molecular weight is 210 g/mol. The van der Waals surface area contributed by atoms with Gasteiger partial charge in [0.1, 0.15) is 5.01 Å². The van der Waals surface area contributed by atoms with E-state index in [4.69, 9.17) is 0 Å². The summed E-state index contributed by atoms with van der Waals surface area (Å²) in [5, 5.41) is 4.77. The Labute approximate surface area is 77.8 Å². The van der Waals surface area contributed by atoms with Crippen molar-refractivity contribution < 1.29 is 13.2 Å². The van der Waals surface area contributed by atoms with Gasteiger partial charge in [-0.25, -0.2) is 4.98 Å². The third kappa shape index (κ3) is 4.23. The van der Waals surface area contributed by atoms with Crippen LogP contribution in [0.4, 0.5) is 13.2 Å². The van der Waals surface area contributed by atoms with Crippen molar-refractivity contribution in [3.63, 3.8) is 0 Å². The Bertz CT molecular complexity index is 269. The quantitative estimate of drug-likeness (QED) is 0.826. The van der Waals surface area contributed by atoms with Gasteiger partial charge < -0.3 is 5.32 Å². The summed E-state index contributed by atoms with van der Waals surface area (Å²) in [7, 11) is 0. The lowest BCUT2D eigenvalue weighted by Crippen LogP contribution is -2.28. The van der Waals surface area contributed by atoms with Gasteiger partial charge in [0.05, 0.1) is 6.54 Å². The Kier molecular flexibility index (Phi) is 3.27. The van der Waals surface area contributed by atoms with Gasteiger partial charge in [0.2, 0.25) is 0 Å². The first-order chi connectivity index (χ1) is 5.97. The summed E-state index contributed by atoms with van der Waals surface area (Å²) < 4.78 is 35.1. The molecule has 1 aromatic heterocycles. The first-order valence-electron chi connectivity index (χ1n) is 3.66. The molecule has 0 saturated carbocycles. The van der Waals surface area contributed by atoms with Gasteiger partial charge in [-0.15, -0.1) is 11.3 Å². The van der Waals surface area contributed by atoms with Gasteiger partial charge >= 0.3 is 6.18 Å². The highest BCUT2D eigenvalue weighted by molar-refractivity contribution is 7.09. The second kappa shape index (κ2) is 4.06. The molecule has 0 atom stereocenters. The fraction of sp³-hybridized carbons (Fsp3) is 0.571. The van der Waals surface area contributed by atoms with Crippen molar-refractivity contribution in [3.05, 3.63) is 16.1 Å². The Morgan fingerprint density at radius 3 is 2.69 bits per heavy atom. The number of thiazole rings is 1. The molecule has 1 heterocycles. The summed E-state index contributed by atoms with van der Waals surface area (Å²) in [4.78, 5) is 4.02. The zero-order chi connectivity index (χ0) is 9.90. The molecule has 0 fully saturated rings. The van der Waals surface area contributed by atoms with Crippen molar-refractivity contribution in [1.29, 1.82) is 0 Å². The number of aryl methyl sites for hydroxylation is 1. The molecule has 1 aromatic rings. The standard InChI is InChI=1S/C7H9F3N2S/c1-5-3-13-6(12-5)2-11-4-7(8,9)10/h3,11H,2,4H2,1H3. The van der Waals surface area contributed by atoms with Gasteiger partial charge in [0.15, 0.2) is 0 Å². The van der Waals surface area contributed by atoms with Crippen molar-refractivity contribution in [2.24, 2.45) is 0 Å². The van der Waals surface area contributed by atoms with E-state index < -0.39 is 12.7 Å². The summed E-state index contributed by atoms with van der Waals surface area (Å²) in [6.45, 7) is 1.02. The highest BCUT2D eigenvalue weighted by Crippen LogP contribution is 2.13. The fourth-order valence-electron chi connectivity index (χ4n) is 0.795. The van der Waals surface area contributed by atoms with Crippen molar-refractivity contribution in [3.8, 4) is 0 Å². The molecular weight excluding hydrogens is 201 g/mol. The van der Waals surface area contributed by atoms with Crippen molar-refractivity contribution >= 4 is 11.3 Å². The molecule has 0 bridgehead atoms. The molecule has 0 aromatic carbocycles. The van der Waals surface area contributed by atoms with Crippen LogP contribution in [0.15, 0.2) is 5.38 Å². The first kappa shape index (κ1) is 10.5. The fourth-order valence-corrected chi connectivity index (χ4v) is 1.54. The lowest BCUT2D eigenvalue weighted by molar-refractivity contribution is -0.125. The average Bonchev–Trinajstić information content (AvgIpc) is 2.33. The molecule has 6 heteroatoms. The van der Waals surface area contributed by atoms with Crippen LogP contribution < -0.4 is 5.32 Å². The SMILES string of the molecule is Cc1csc(CNCC(F)(F)F)n1. The Morgan fingerprint density at radius 1 is 1.54 bits per heavy atom. The zero-order valence-electron chi connectivity index (χ0n) is 6.98. The van der Waals surface area contributed by atoms with E-state index in [2.05, 4.69) is 10.3 Å². The van der Waals surface area contributed by atoms with Crippen LogP contribution in [0.5, 0.6) is 0 Å². The Hall–Kier alpha value is -0.620. The van der Waals surface area contributed by atoms with Crippen LogP contribution in [-0.4, -0.2) is 17.7 Å². The second-order valence-corrected chi connectivity index (χ2v) is 3.54. The molecule has 1 rings (SSSR count). The number of aromatic nitrogens is 1. The molecule has 0 amide bonds. The number of nitrogens with one attached hydrogen (secondary N) is 1. The normalized spacial score (nSPS) is 12.0. The molecule has 0 saturated heterocycles. The highest BCUT2D eigenvalue weighted by Gasteiger charge is 2.26.